The van der Waals surface area contributed by atoms with Gasteiger partial charge in [-0.1, -0.05) is 397 Å². The lowest BCUT2D eigenvalue weighted by Gasteiger charge is -2.31. The molecule has 2 spiro atoms. The molecule has 0 aliphatic heterocycles. The molecule has 0 unspecified atom stereocenters. The molecule has 0 atom stereocenters. The van der Waals surface area contributed by atoms with Gasteiger partial charge < -0.3 is 8.98 Å². The minimum absolute atomic E-state index is 0.199. The number of benzene rings is 19. The highest BCUT2D eigenvalue weighted by Crippen LogP contribution is 2.66. The van der Waals surface area contributed by atoms with E-state index in [1.54, 1.807) is 0 Å². The minimum atomic E-state index is -0.251. The Morgan fingerprint density at radius 3 is 1.11 bits per heavy atom. The van der Waals surface area contributed by atoms with Gasteiger partial charge in [0.15, 0.2) is 0 Å². The topological polar surface area (TPSA) is 35.9 Å². The molecule has 3 heterocycles. The number of furan rings is 1. The lowest BCUT2D eigenvalue weighted by atomic mass is 9.70. The maximum atomic E-state index is 5.91. The average Bonchev–Trinajstić information content (AvgIpc) is 1.50. The summed E-state index contributed by atoms with van der Waals surface area (Å²) < 4.78 is 10.1. The Hall–Kier alpha value is -15.0. The second-order valence-corrected chi connectivity index (χ2v) is 37.4. The highest BCUT2D eigenvalue weighted by molar-refractivity contribution is 6.11. The van der Waals surface area contributed by atoms with Crippen LogP contribution >= 0.6 is 0 Å². The summed E-state index contributed by atoms with van der Waals surface area (Å²) in [4.78, 5) is 0. The van der Waals surface area contributed by atoms with Gasteiger partial charge in [-0.25, -0.2) is 0 Å². The molecule has 0 amide bonds. The van der Waals surface area contributed by atoms with E-state index < -0.39 is 0 Å². The van der Waals surface area contributed by atoms with Crippen molar-refractivity contribution >= 4 is 86.8 Å². The largest absolute Gasteiger partial charge is 0.456 e. The Labute approximate surface area is 784 Å². The van der Waals surface area contributed by atoms with E-state index in [9.17, 15) is 0 Å². The van der Waals surface area contributed by atoms with E-state index in [4.69, 9.17) is 4.42 Å². The van der Waals surface area contributed by atoms with Crippen molar-refractivity contribution in [2.45, 2.75) is 122 Å². The van der Waals surface area contributed by atoms with E-state index in [0.717, 1.165) is 16.9 Å². The fourth-order valence-electron chi connectivity index (χ4n) is 21.6. The minimum Gasteiger partial charge on any atom is -0.456 e. The molecule has 26 rings (SSSR count). The van der Waals surface area contributed by atoms with Gasteiger partial charge in [-0.3, -0.25) is 4.68 Å². The Morgan fingerprint density at radius 1 is 0.226 bits per heavy atom. The fraction of sp³-hybridized carbons (Fsp3) is 0.155. The molecule has 0 radical (unpaired) electrons. The lowest BCUT2D eigenvalue weighted by molar-refractivity contribution is 0.662. The molecule has 0 bridgehead atoms. The Balaban J connectivity index is 0.000000102. The van der Waals surface area contributed by atoms with Gasteiger partial charge in [0.2, 0.25) is 0 Å². The normalized spacial score (nSPS) is 12.4. The van der Waals surface area contributed by atoms with Gasteiger partial charge in [-0.05, 0) is 294 Å². The van der Waals surface area contributed by atoms with Crippen molar-refractivity contribution in [1.82, 2.24) is 14.3 Å². The summed E-state index contributed by atoms with van der Waals surface area (Å²) >= 11 is 0. The van der Waals surface area contributed by atoms with E-state index in [2.05, 4.69) is 491 Å². The summed E-state index contributed by atoms with van der Waals surface area (Å²) in [5, 5.41) is 20.2. The van der Waals surface area contributed by atoms with Crippen LogP contribution in [0.1, 0.15) is 134 Å². The number of rotatable bonds is 0. The molecule has 0 saturated heterocycles. The number of nitrogens with zero attached hydrogens (tertiary/aromatic N) is 3. The Morgan fingerprint density at radius 2 is 0.594 bits per heavy atom. The number of aryl methyl sites for hydroxylation is 16. The molecule has 0 N–H and O–H groups in total. The molecule has 4 heteroatoms. The van der Waals surface area contributed by atoms with Crippen LogP contribution in [0.3, 0.4) is 0 Å². The predicted octanol–water partition coefficient (Wildman–Crippen LogP) is 34.0. The summed E-state index contributed by atoms with van der Waals surface area (Å²) in [6, 6.07) is 135. The molecule has 19 aromatic carbocycles. The summed E-state index contributed by atoms with van der Waals surface area (Å²) in [5.41, 5.74) is 47.4. The number of aromatic nitrogens is 3. The van der Waals surface area contributed by atoms with Crippen molar-refractivity contribution < 1.29 is 4.42 Å². The first kappa shape index (κ1) is 87.4. The second kappa shape index (κ2) is 35.7. The third kappa shape index (κ3) is 15.5. The standard InChI is InChI=1S/C31H22.C27H20.C14H13N.C14H12O.3C12H12.C7H12N2/c1-19-15-16-25-28(17-19)31(29-18-20(2)21-9-3-4-12-24(21)30(25)29)26-13-7-5-10-22(26)23-11-6-8-14-27(23)31;1-17-11-13-21-22-14-12-18(2)16-26(22)27(25(21)15-17)23-9-5-3-7-19(23)20-8-4-6-10-24(20)27;1-10-6-5-9-13-14(10)11-7-3-4-8-12(11)15(13)2;1-9-5-3-7-11-12-8-4-6-10(2)14(12)15-13(9)11;1-9-3-5-11-6-4-10(2)8-12(11)7-9;1-9-6-7-12-10(2)4-3-5-11(12)8-9;1-9-6-7-11-5-3-4-10(2)12(11)8-9;1-5-6(2)8-9(4)7(5)3/h3-18H,1-2H3;3-16H,1-2H3;3-9H,1-2H3;3-8H,1-2H3;3*3-8H,1-2H3;1-4H3. The van der Waals surface area contributed by atoms with Gasteiger partial charge in [0.25, 0.3) is 0 Å². The zero-order valence-electron chi connectivity index (χ0n) is 80.0. The first-order valence-corrected chi connectivity index (χ1v) is 46.8. The fourth-order valence-corrected chi connectivity index (χ4v) is 21.6. The SMILES string of the molecule is Cc1ccc2c(C)cccc2c1.Cc1ccc2c(c1)C1(c3ccccc3-c3ccccc31)c1cc(C)c3ccccc3c1-2.Cc1ccc2c(c1)C1(c3ccccc3-c3ccccc31)c1cc(C)ccc1-2.Cc1ccc2ccc(C)cc2c1.Cc1ccc2cccc(C)c2c1.Cc1cccc2c1c1ccccc1n2C.Cc1cccc2c1oc1c(C)cccc12.Cc1nn(C)c(C)c1C. The maximum absolute atomic E-state index is 5.91. The highest BCUT2D eigenvalue weighted by Gasteiger charge is 2.53. The van der Waals surface area contributed by atoms with Gasteiger partial charge in [0.1, 0.15) is 11.2 Å². The molecular formula is C129H115N3O. The number of hydrogen-bond donors (Lipinski definition) is 0. The predicted molar refractivity (Wildman–Crippen MR) is 568 cm³/mol. The zero-order chi connectivity index (χ0) is 92.4. The maximum Gasteiger partial charge on any atom is 0.138 e. The van der Waals surface area contributed by atoms with Crippen LogP contribution in [0.15, 0.2) is 374 Å². The molecule has 4 aliphatic carbocycles. The summed E-state index contributed by atoms with van der Waals surface area (Å²) in [7, 11) is 4.10. The van der Waals surface area contributed by atoms with Crippen LogP contribution in [0, 0.1) is 111 Å². The van der Waals surface area contributed by atoms with Crippen LogP contribution in [0.4, 0.5) is 0 Å². The monoisotopic (exact) mass is 1720 g/mol. The molecule has 22 aromatic rings. The summed E-state index contributed by atoms with van der Waals surface area (Å²) in [5.74, 6) is 0. The van der Waals surface area contributed by atoms with Crippen LogP contribution < -0.4 is 0 Å². The van der Waals surface area contributed by atoms with Crippen molar-refractivity contribution in [1.29, 1.82) is 0 Å². The van der Waals surface area contributed by atoms with Crippen LogP contribution in [0.2, 0.25) is 0 Å². The van der Waals surface area contributed by atoms with Gasteiger partial charge in [0, 0.05) is 52.4 Å². The number of fused-ring (bicyclic) bond motifs is 31. The van der Waals surface area contributed by atoms with E-state index in [1.165, 1.54) is 248 Å². The van der Waals surface area contributed by atoms with Crippen molar-refractivity contribution in [2.75, 3.05) is 0 Å². The van der Waals surface area contributed by atoms with Gasteiger partial charge >= 0.3 is 0 Å². The van der Waals surface area contributed by atoms with E-state index in [-0.39, 0.29) is 10.8 Å². The van der Waals surface area contributed by atoms with Crippen LogP contribution in [-0.4, -0.2) is 14.3 Å². The van der Waals surface area contributed by atoms with Gasteiger partial charge in [-0.2, -0.15) is 5.10 Å². The first-order chi connectivity index (χ1) is 64.4. The Bertz CT molecular complexity index is 8040. The average molecular weight is 1720 g/mol. The van der Waals surface area contributed by atoms with Crippen LogP contribution in [0.25, 0.3) is 131 Å². The van der Waals surface area contributed by atoms with Crippen LogP contribution in [-0.2, 0) is 24.9 Å². The molecule has 0 saturated carbocycles. The van der Waals surface area contributed by atoms with Crippen molar-refractivity contribution in [3.05, 3.63) is 504 Å². The first-order valence-electron chi connectivity index (χ1n) is 46.8. The lowest BCUT2D eigenvalue weighted by Crippen LogP contribution is -2.26. The van der Waals surface area contributed by atoms with Crippen molar-refractivity contribution in [3.8, 4) is 44.5 Å². The molecular weight excluding hydrogens is 1610 g/mol. The van der Waals surface area contributed by atoms with Crippen molar-refractivity contribution in [2.24, 2.45) is 14.1 Å². The molecule has 652 valence electrons. The summed E-state index contributed by atoms with van der Waals surface area (Å²) in [6.07, 6.45) is 0. The third-order valence-electron chi connectivity index (χ3n) is 28.5. The Kier molecular flexibility index (Phi) is 23.5. The van der Waals surface area contributed by atoms with E-state index in [0.29, 0.717) is 0 Å². The van der Waals surface area contributed by atoms with E-state index in [1.807, 2.05) is 18.7 Å². The van der Waals surface area contributed by atoms with Gasteiger partial charge in [0.05, 0.1) is 16.5 Å². The molecule has 4 nitrogen and oxygen atoms in total. The van der Waals surface area contributed by atoms with E-state index >= 15 is 0 Å². The molecule has 4 aliphatic rings. The third-order valence-corrected chi connectivity index (χ3v) is 28.5. The molecule has 0 fully saturated rings. The molecule has 133 heavy (non-hydrogen) atoms. The zero-order valence-corrected chi connectivity index (χ0v) is 80.0. The quantitative estimate of drug-likeness (QED) is 0.152. The van der Waals surface area contributed by atoms with Gasteiger partial charge in [-0.15, -0.1) is 0 Å². The molecule has 3 aromatic heterocycles. The smallest absolute Gasteiger partial charge is 0.138 e. The summed E-state index contributed by atoms with van der Waals surface area (Å²) in [6.45, 7) is 34.2. The highest BCUT2D eigenvalue weighted by atomic mass is 16.3. The van der Waals surface area contributed by atoms with Crippen LogP contribution in [0.5, 0.6) is 0 Å². The second-order valence-electron chi connectivity index (χ2n) is 37.4. The number of para-hydroxylation sites is 3. The van der Waals surface area contributed by atoms with Crippen molar-refractivity contribution in [3.63, 3.8) is 0 Å². The number of hydrogen-bond acceptors (Lipinski definition) is 2.